The molecular weight excluding hydrogens is 290 g/mol. The molecule has 22 heavy (non-hydrogen) atoms. The maximum absolute atomic E-state index is 13.1. The first kappa shape index (κ1) is 15.6. The van der Waals surface area contributed by atoms with Crippen molar-refractivity contribution < 1.29 is 18.4 Å². The highest BCUT2D eigenvalue weighted by Crippen LogP contribution is 2.19. The van der Waals surface area contributed by atoms with Gasteiger partial charge in [0.25, 0.3) is 0 Å². The second-order valence-electron chi connectivity index (χ2n) is 4.80. The van der Waals surface area contributed by atoms with E-state index in [1.807, 2.05) is 6.07 Å². The molecule has 6 heteroatoms. The Bertz CT molecular complexity index is 725. The number of amides is 2. The van der Waals surface area contributed by atoms with E-state index in [0.29, 0.717) is 5.69 Å². The molecule has 0 unspecified atom stereocenters. The lowest BCUT2D eigenvalue weighted by Crippen LogP contribution is -2.29. The fraction of sp³-hybridized carbons (Fsp3) is 0.125. The van der Waals surface area contributed by atoms with E-state index in [1.165, 1.54) is 6.07 Å². The Hall–Kier alpha value is -2.76. The number of carbonyl (C=O) groups excluding carboxylic acids is 2. The van der Waals surface area contributed by atoms with Crippen LogP contribution in [0.25, 0.3) is 0 Å². The second-order valence-corrected chi connectivity index (χ2v) is 4.80. The van der Waals surface area contributed by atoms with Crippen LogP contribution in [0.1, 0.15) is 11.1 Å². The number of carbonyl (C=O) groups is 2. The maximum Gasteiger partial charge on any atom is 0.314 e. The molecule has 0 bridgehead atoms. The standard InChI is InChI=1S/C16H14F2N2O2/c1-9-4-3-5-10(2)14(9)20-16(22)15(21)19-11-6-7-12(17)13(18)8-11/h3-8H,1-2H3,(H,19,21)(H,20,22). The minimum atomic E-state index is -1.10. The number of rotatable bonds is 2. The highest BCUT2D eigenvalue weighted by Gasteiger charge is 2.16. The monoisotopic (exact) mass is 304 g/mol. The molecule has 2 aromatic carbocycles. The van der Waals surface area contributed by atoms with Crippen LogP contribution in [0.4, 0.5) is 20.2 Å². The molecule has 0 heterocycles. The van der Waals surface area contributed by atoms with Crippen molar-refractivity contribution in [1.82, 2.24) is 0 Å². The van der Waals surface area contributed by atoms with Crippen molar-refractivity contribution in [2.75, 3.05) is 10.6 Å². The van der Waals surface area contributed by atoms with E-state index in [-0.39, 0.29) is 5.69 Å². The van der Waals surface area contributed by atoms with Crippen LogP contribution in [-0.2, 0) is 9.59 Å². The summed E-state index contributed by atoms with van der Waals surface area (Å²) in [6, 6.07) is 8.28. The molecule has 0 aromatic heterocycles. The summed E-state index contributed by atoms with van der Waals surface area (Å²) in [6.07, 6.45) is 0. The van der Waals surface area contributed by atoms with Gasteiger partial charge in [-0.15, -0.1) is 0 Å². The average molecular weight is 304 g/mol. The van der Waals surface area contributed by atoms with Crippen LogP contribution >= 0.6 is 0 Å². The third kappa shape index (κ3) is 3.46. The Morgan fingerprint density at radius 2 is 1.45 bits per heavy atom. The third-order valence-corrected chi connectivity index (χ3v) is 3.10. The Balaban J connectivity index is 2.09. The van der Waals surface area contributed by atoms with E-state index in [9.17, 15) is 18.4 Å². The smallest absolute Gasteiger partial charge is 0.314 e. The van der Waals surface area contributed by atoms with Crippen molar-refractivity contribution in [3.63, 3.8) is 0 Å². The average Bonchev–Trinajstić information content (AvgIpc) is 2.46. The zero-order valence-electron chi connectivity index (χ0n) is 12.0. The predicted octanol–water partition coefficient (Wildman–Crippen LogP) is 3.16. The van der Waals surface area contributed by atoms with Gasteiger partial charge in [0.15, 0.2) is 11.6 Å². The van der Waals surface area contributed by atoms with Crippen LogP contribution < -0.4 is 10.6 Å². The number of hydrogen-bond acceptors (Lipinski definition) is 2. The van der Waals surface area contributed by atoms with Gasteiger partial charge in [-0.3, -0.25) is 9.59 Å². The Labute approximate surface area is 126 Å². The SMILES string of the molecule is Cc1cccc(C)c1NC(=O)C(=O)Nc1ccc(F)c(F)c1. The molecule has 0 spiro atoms. The molecule has 2 amide bonds. The van der Waals surface area contributed by atoms with Crippen LogP contribution in [-0.4, -0.2) is 11.8 Å². The summed E-state index contributed by atoms with van der Waals surface area (Å²) in [5.74, 6) is -3.98. The number of halogens is 2. The lowest BCUT2D eigenvalue weighted by Gasteiger charge is -2.11. The molecule has 0 aliphatic carbocycles. The van der Waals surface area contributed by atoms with Gasteiger partial charge in [0.05, 0.1) is 0 Å². The molecule has 0 aliphatic heterocycles. The molecule has 4 nitrogen and oxygen atoms in total. The Kier molecular flexibility index (Phi) is 4.50. The predicted molar refractivity (Wildman–Crippen MR) is 79.5 cm³/mol. The number of para-hydroxylation sites is 1. The summed E-state index contributed by atoms with van der Waals surface area (Å²) in [5, 5.41) is 4.72. The van der Waals surface area contributed by atoms with Gasteiger partial charge in [0.1, 0.15) is 0 Å². The van der Waals surface area contributed by atoms with Gasteiger partial charge in [-0.05, 0) is 37.1 Å². The van der Waals surface area contributed by atoms with Crippen LogP contribution in [0.5, 0.6) is 0 Å². The summed E-state index contributed by atoms with van der Waals surface area (Å²) in [7, 11) is 0. The Morgan fingerprint density at radius 3 is 2.05 bits per heavy atom. The molecule has 0 aliphatic rings. The summed E-state index contributed by atoms with van der Waals surface area (Å²) in [6.45, 7) is 3.60. The second kappa shape index (κ2) is 6.34. The van der Waals surface area contributed by atoms with Crippen molar-refractivity contribution in [3.8, 4) is 0 Å². The van der Waals surface area contributed by atoms with Crippen LogP contribution in [0.3, 0.4) is 0 Å². The fourth-order valence-electron chi connectivity index (χ4n) is 1.94. The van der Waals surface area contributed by atoms with E-state index in [4.69, 9.17) is 0 Å². The van der Waals surface area contributed by atoms with Crippen molar-refractivity contribution in [3.05, 3.63) is 59.2 Å². The van der Waals surface area contributed by atoms with Gasteiger partial charge in [0, 0.05) is 17.4 Å². The number of benzene rings is 2. The molecule has 0 saturated heterocycles. The molecule has 0 atom stereocenters. The summed E-state index contributed by atoms with van der Waals surface area (Å²) >= 11 is 0. The maximum atomic E-state index is 13.1. The van der Waals surface area contributed by atoms with E-state index in [0.717, 1.165) is 23.3 Å². The number of nitrogens with one attached hydrogen (secondary N) is 2. The van der Waals surface area contributed by atoms with Crippen molar-refractivity contribution in [2.45, 2.75) is 13.8 Å². The molecule has 2 rings (SSSR count). The van der Waals surface area contributed by atoms with E-state index < -0.39 is 23.4 Å². The quantitative estimate of drug-likeness (QED) is 0.837. The zero-order chi connectivity index (χ0) is 16.3. The van der Waals surface area contributed by atoms with Crippen LogP contribution in [0, 0.1) is 25.5 Å². The summed E-state index contributed by atoms with van der Waals surface area (Å²) in [5.41, 5.74) is 2.18. The first-order valence-electron chi connectivity index (χ1n) is 6.52. The van der Waals surface area contributed by atoms with Gasteiger partial charge < -0.3 is 10.6 Å². The topological polar surface area (TPSA) is 58.2 Å². The van der Waals surface area contributed by atoms with E-state index in [2.05, 4.69) is 10.6 Å². The fourth-order valence-corrected chi connectivity index (χ4v) is 1.94. The molecule has 0 saturated carbocycles. The molecule has 0 fully saturated rings. The molecule has 0 radical (unpaired) electrons. The minimum Gasteiger partial charge on any atom is -0.318 e. The minimum absolute atomic E-state index is 0.000514. The van der Waals surface area contributed by atoms with Gasteiger partial charge >= 0.3 is 11.8 Å². The first-order valence-corrected chi connectivity index (χ1v) is 6.52. The van der Waals surface area contributed by atoms with Gasteiger partial charge in [-0.2, -0.15) is 0 Å². The lowest BCUT2D eigenvalue weighted by molar-refractivity contribution is -0.133. The van der Waals surface area contributed by atoms with Crippen molar-refractivity contribution >= 4 is 23.2 Å². The third-order valence-electron chi connectivity index (χ3n) is 3.10. The number of hydrogen-bond donors (Lipinski definition) is 2. The summed E-state index contributed by atoms with van der Waals surface area (Å²) < 4.78 is 25.9. The Morgan fingerprint density at radius 1 is 0.864 bits per heavy atom. The largest absolute Gasteiger partial charge is 0.318 e. The van der Waals surface area contributed by atoms with Gasteiger partial charge in [0.2, 0.25) is 0 Å². The molecular formula is C16H14F2N2O2. The zero-order valence-corrected chi connectivity index (χ0v) is 12.0. The number of aryl methyl sites for hydroxylation is 2. The van der Waals surface area contributed by atoms with Crippen molar-refractivity contribution in [1.29, 1.82) is 0 Å². The molecule has 114 valence electrons. The van der Waals surface area contributed by atoms with Gasteiger partial charge in [-0.1, -0.05) is 18.2 Å². The van der Waals surface area contributed by atoms with Crippen LogP contribution in [0.2, 0.25) is 0 Å². The number of anilines is 2. The van der Waals surface area contributed by atoms with Crippen LogP contribution in [0.15, 0.2) is 36.4 Å². The van der Waals surface area contributed by atoms with Gasteiger partial charge in [-0.25, -0.2) is 8.78 Å². The van der Waals surface area contributed by atoms with E-state index in [1.54, 1.807) is 26.0 Å². The first-order chi connectivity index (χ1) is 10.4. The molecule has 2 aromatic rings. The normalized spacial score (nSPS) is 10.2. The van der Waals surface area contributed by atoms with Crippen molar-refractivity contribution in [2.24, 2.45) is 0 Å². The highest BCUT2D eigenvalue weighted by atomic mass is 19.2. The highest BCUT2D eigenvalue weighted by molar-refractivity contribution is 6.43. The lowest BCUT2D eigenvalue weighted by atomic mass is 10.1. The molecule has 2 N–H and O–H groups in total. The summed E-state index contributed by atoms with van der Waals surface area (Å²) in [4.78, 5) is 23.7. The van der Waals surface area contributed by atoms with E-state index >= 15 is 0 Å².